The van der Waals surface area contributed by atoms with Crippen LogP contribution in [0, 0.1) is 0 Å². The smallest absolute Gasteiger partial charge is 0.166 e. The Bertz CT molecular complexity index is 448. The number of halogens is 2. The molecular weight excluding hydrogens is 221 g/mol. The number of imidazole rings is 1. The molecule has 0 aliphatic heterocycles. The molecule has 1 aromatic heterocycles. The topological polar surface area (TPSA) is 43.8 Å². The number of nitrogens with zero attached hydrogens (tertiary/aromatic N) is 2. The molecule has 0 amide bonds. The minimum Gasteiger partial charge on any atom is -0.399 e. The van der Waals surface area contributed by atoms with E-state index in [-0.39, 0.29) is 0 Å². The third kappa shape index (κ3) is 1.56. The van der Waals surface area contributed by atoms with Crippen LogP contribution in [0.25, 0.3) is 5.69 Å². The van der Waals surface area contributed by atoms with Gasteiger partial charge in [0.25, 0.3) is 0 Å². The van der Waals surface area contributed by atoms with E-state index in [2.05, 4.69) is 4.98 Å². The highest BCUT2D eigenvalue weighted by atomic mass is 35.5. The van der Waals surface area contributed by atoms with Gasteiger partial charge >= 0.3 is 0 Å². The van der Waals surface area contributed by atoms with Gasteiger partial charge in [-0.05, 0) is 24.3 Å². The lowest BCUT2D eigenvalue weighted by Gasteiger charge is -2.03. The van der Waals surface area contributed by atoms with Gasteiger partial charge in [-0.2, -0.15) is 0 Å². The minimum absolute atomic E-state index is 0.295. The lowest BCUT2D eigenvalue weighted by molar-refractivity contribution is 1.06. The van der Waals surface area contributed by atoms with Crippen LogP contribution in [-0.2, 0) is 0 Å². The Labute approximate surface area is 91.1 Å². The molecule has 14 heavy (non-hydrogen) atoms. The molecule has 0 saturated heterocycles. The second-order valence-corrected chi connectivity index (χ2v) is 3.50. The third-order valence-corrected chi connectivity index (χ3v) is 2.57. The molecule has 0 unspecified atom stereocenters. The Kier molecular flexibility index (Phi) is 2.35. The third-order valence-electron chi connectivity index (χ3n) is 1.84. The van der Waals surface area contributed by atoms with Crippen LogP contribution >= 0.6 is 23.2 Å². The number of rotatable bonds is 1. The van der Waals surface area contributed by atoms with Gasteiger partial charge in [0.2, 0.25) is 0 Å². The number of nitrogens with two attached hydrogens (primary N) is 1. The van der Waals surface area contributed by atoms with Gasteiger partial charge in [0.1, 0.15) is 6.33 Å². The normalized spacial score (nSPS) is 10.4. The van der Waals surface area contributed by atoms with Crippen LogP contribution in [0.2, 0.25) is 10.3 Å². The number of benzene rings is 1. The summed E-state index contributed by atoms with van der Waals surface area (Å²) in [5.41, 5.74) is 7.15. The van der Waals surface area contributed by atoms with Crippen molar-refractivity contribution in [1.82, 2.24) is 9.55 Å². The molecule has 0 aliphatic rings. The summed E-state index contributed by atoms with van der Waals surface area (Å²) in [6.07, 6.45) is 1.57. The molecule has 1 heterocycles. The lowest BCUT2D eigenvalue weighted by Crippen LogP contribution is -1.92. The summed E-state index contributed by atoms with van der Waals surface area (Å²) in [4.78, 5) is 3.88. The van der Waals surface area contributed by atoms with Crippen LogP contribution in [-0.4, -0.2) is 9.55 Å². The highest BCUT2D eigenvalue weighted by Crippen LogP contribution is 2.23. The summed E-state index contributed by atoms with van der Waals surface area (Å²) in [5, 5.41) is 0.694. The van der Waals surface area contributed by atoms with Crippen LogP contribution in [0.1, 0.15) is 0 Å². The molecule has 0 saturated carbocycles. The van der Waals surface area contributed by atoms with Gasteiger partial charge in [0, 0.05) is 11.4 Å². The first-order valence-electron chi connectivity index (χ1n) is 3.93. The van der Waals surface area contributed by atoms with Crippen molar-refractivity contribution in [3.63, 3.8) is 0 Å². The quantitative estimate of drug-likeness (QED) is 0.762. The largest absolute Gasteiger partial charge is 0.399 e. The Morgan fingerprint density at radius 2 is 1.79 bits per heavy atom. The van der Waals surface area contributed by atoms with E-state index >= 15 is 0 Å². The summed E-state index contributed by atoms with van der Waals surface area (Å²) in [6.45, 7) is 0. The fourth-order valence-electron chi connectivity index (χ4n) is 1.13. The van der Waals surface area contributed by atoms with E-state index in [1.54, 1.807) is 23.0 Å². The number of hydrogen-bond acceptors (Lipinski definition) is 2. The van der Waals surface area contributed by atoms with Crippen LogP contribution in [0.4, 0.5) is 5.69 Å². The molecule has 0 fully saturated rings. The van der Waals surface area contributed by atoms with Gasteiger partial charge in [0.15, 0.2) is 10.3 Å². The average molecular weight is 228 g/mol. The summed E-state index contributed by atoms with van der Waals surface area (Å²) < 4.78 is 1.68. The zero-order valence-corrected chi connectivity index (χ0v) is 8.63. The van der Waals surface area contributed by atoms with Gasteiger partial charge in [0.05, 0.1) is 0 Å². The predicted molar refractivity (Wildman–Crippen MR) is 58.0 cm³/mol. The zero-order valence-electron chi connectivity index (χ0n) is 7.11. The second-order valence-electron chi connectivity index (χ2n) is 2.79. The molecule has 0 spiro atoms. The monoisotopic (exact) mass is 227 g/mol. The number of hydrogen-bond donors (Lipinski definition) is 1. The Morgan fingerprint density at radius 1 is 1.14 bits per heavy atom. The molecule has 0 bridgehead atoms. The highest BCUT2D eigenvalue weighted by molar-refractivity contribution is 6.40. The van der Waals surface area contributed by atoms with Crippen molar-refractivity contribution in [2.45, 2.75) is 0 Å². The number of anilines is 1. The van der Waals surface area contributed by atoms with Gasteiger partial charge < -0.3 is 5.73 Å². The zero-order chi connectivity index (χ0) is 10.1. The van der Waals surface area contributed by atoms with E-state index in [0.717, 1.165) is 5.69 Å². The maximum absolute atomic E-state index is 5.92. The van der Waals surface area contributed by atoms with Crippen molar-refractivity contribution in [3.8, 4) is 5.69 Å². The summed E-state index contributed by atoms with van der Waals surface area (Å²) in [7, 11) is 0. The molecular formula is C9H7Cl2N3. The lowest BCUT2D eigenvalue weighted by atomic mass is 10.3. The molecule has 72 valence electrons. The molecule has 0 atom stereocenters. The second kappa shape index (κ2) is 3.52. The molecule has 2 rings (SSSR count). The molecule has 0 aliphatic carbocycles. The van der Waals surface area contributed by atoms with E-state index in [1.165, 1.54) is 0 Å². The van der Waals surface area contributed by atoms with E-state index in [9.17, 15) is 0 Å². The maximum Gasteiger partial charge on any atom is 0.166 e. The number of nitrogen functional groups attached to an aromatic ring is 1. The first-order valence-corrected chi connectivity index (χ1v) is 4.68. The van der Waals surface area contributed by atoms with Gasteiger partial charge in [-0.15, -0.1) is 0 Å². The fraction of sp³-hybridized carbons (Fsp3) is 0. The van der Waals surface area contributed by atoms with Crippen LogP contribution in [0.5, 0.6) is 0 Å². The highest BCUT2D eigenvalue weighted by Gasteiger charge is 2.06. The van der Waals surface area contributed by atoms with Gasteiger partial charge in [-0.3, -0.25) is 4.57 Å². The molecule has 5 heteroatoms. The minimum atomic E-state index is 0.295. The van der Waals surface area contributed by atoms with Crippen LogP contribution < -0.4 is 5.73 Å². The average Bonchev–Trinajstić information content (AvgIpc) is 2.50. The van der Waals surface area contributed by atoms with Crippen molar-refractivity contribution in [1.29, 1.82) is 0 Å². The van der Waals surface area contributed by atoms with Crippen molar-refractivity contribution >= 4 is 28.9 Å². The first kappa shape index (κ1) is 9.37. The Hall–Kier alpha value is -1.19. The summed E-state index contributed by atoms with van der Waals surface area (Å²) >= 11 is 11.6. The fourth-order valence-corrected chi connectivity index (χ4v) is 1.45. The van der Waals surface area contributed by atoms with Crippen molar-refractivity contribution < 1.29 is 0 Å². The van der Waals surface area contributed by atoms with E-state index < -0.39 is 0 Å². The Morgan fingerprint density at radius 3 is 2.29 bits per heavy atom. The van der Waals surface area contributed by atoms with Crippen LogP contribution in [0.15, 0.2) is 30.6 Å². The number of aromatic nitrogens is 2. The van der Waals surface area contributed by atoms with E-state index in [4.69, 9.17) is 28.9 Å². The van der Waals surface area contributed by atoms with Gasteiger partial charge in [-0.1, -0.05) is 23.2 Å². The van der Waals surface area contributed by atoms with Crippen molar-refractivity contribution in [3.05, 3.63) is 40.9 Å². The predicted octanol–water partition coefficient (Wildman–Crippen LogP) is 2.76. The van der Waals surface area contributed by atoms with Gasteiger partial charge in [-0.25, -0.2) is 4.98 Å². The molecule has 3 nitrogen and oxygen atoms in total. The summed E-state index contributed by atoms with van der Waals surface area (Å²) in [5.74, 6) is 0. The molecule has 2 aromatic rings. The van der Waals surface area contributed by atoms with Crippen LogP contribution in [0.3, 0.4) is 0 Å². The summed E-state index contributed by atoms with van der Waals surface area (Å²) in [6, 6.07) is 7.28. The maximum atomic E-state index is 5.92. The molecule has 1 aromatic carbocycles. The van der Waals surface area contributed by atoms with E-state index in [0.29, 0.717) is 16.0 Å². The molecule has 2 N–H and O–H groups in total. The SMILES string of the molecule is Nc1ccc(-n2cnc(Cl)c2Cl)cc1. The standard InChI is InChI=1S/C9H7Cl2N3/c10-8-9(11)14(5-13-8)7-3-1-6(12)2-4-7/h1-5H,12H2. The van der Waals surface area contributed by atoms with E-state index in [1.807, 2.05) is 12.1 Å². The van der Waals surface area contributed by atoms with Crippen molar-refractivity contribution in [2.24, 2.45) is 0 Å². The van der Waals surface area contributed by atoms with Crippen molar-refractivity contribution in [2.75, 3.05) is 5.73 Å². The molecule has 0 radical (unpaired) electrons. The first-order chi connectivity index (χ1) is 6.68. The Balaban J connectivity index is 2.49.